The first kappa shape index (κ1) is 21.0. The molecule has 1 atom stereocenters. The van der Waals surface area contributed by atoms with Gasteiger partial charge >= 0.3 is 0 Å². The van der Waals surface area contributed by atoms with Crippen LogP contribution in [0.3, 0.4) is 0 Å². The maximum atomic E-state index is 12.9. The Hall–Kier alpha value is -3.23. The van der Waals surface area contributed by atoms with Crippen molar-refractivity contribution in [3.05, 3.63) is 52.3 Å². The molecule has 2 fully saturated rings. The number of nitro benzene ring substituents is 1. The van der Waals surface area contributed by atoms with Crippen molar-refractivity contribution < 1.29 is 14.5 Å². The lowest BCUT2D eigenvalue weighted by Crippen LogP contribution is -2.47. The van der Waals surface area contributed by atoms with Gasteiger partial charge in [0.2, 0.25) is 5.91 Å². The Morgan fingerprint density at radius 2 is 1.87 bits per heavy atom. The molecule has 2 aromatic rings. The zero-order chi connectivity index (χ0) is 22.0. The number of hydrogen-bond acceptors (Lipinski definition) is 5. The fourth-order valence-corrected chi connectivity index (χ4v) is 4.47. The molecule has 1 unspecified atom stereocenters. The van der Waals surface area contributed by atoms with E-state index in [1.54, 1.807) is 29.3 Å². The van der Waals surface area contributed by atoms with Gasteiger partial charge in [-0.15, -0.1) is 0 Å². The van der Waals surface area contributed by atoms with Crippen LogP contribution in [-0.2, 0) is 4.79 Å². The average molecular weight is 425 g/mol. The first-order valence-electron chi connectivity index (χ1n) is 10.8. The molecule has 1 aromatic heterocycles. The molecule has 3 heterocycles. The van der Waals surface area contributed by atoms with Crippen molar-refractivity contribution in [2.75, 3.05) is 26.2 Å². The molecule has 9 nitrogen and oxygen atoms in total. The topological polar surface area (TPSA) is 102 Å². The van der Waals surface area contributed by atoms with E-state index < -0.39 is 4.92 Å². The molecular formula is C22H27N5O4. The first-order valence-corrected chi connectivity index (χ1v) is 10.8. The van der Waals surface area contributed by atoms with Gasteiger partial charge in [0, 0.05) is 50.4 Å². The number of nitro groups is 1. The summed E-state index contributed by atoms with van der Waals surface area (Å²) in [6.07, 6.45) is 5.21. The van der Waals surface area contributed by atoms with Crippen LogP contribution in [0.15, 0.2) is 36.5 Å². The molecule has 31 heavy (non-hydrogen) atoms. The third-order valence-electron chi connectivity index (χ3n) is 6.21. The van der Waals surface area contributed by atoms with E-state index in [1.807, 2.05) is 4.90 Å². The Morgan fingerprint density at radius 3 is 2.58 bits per heavy atom. The fraction of sp³-hybridized carbons (Fsp3) is 0.500. The van der Waals surface area contributed by atoms with Gasteiger partial charge in [0.05, 0.1) is 10.6 Å². The van der Waals surface area contributed by atoms with Gasteiger partial charge in [0.25, 0.3) is 11.6 Å². The molecular weight excluding hydrogens is 398 g/mol. The molecule has 164 valence electrons. The van der Waals surface area contributed by atoms with E-state index in [4.69, 9.17) is 0 Å². The molecule has 0 N–H and O–H groups in total. The lowest BCUT2D eigenvalue weighted by molar-refractivity contribution is -0.384. The van der Waals surface area contributed by atoms with E-state index in [9.17, 15) is 19.7 Å². The third kappa shape index (κ3) is 4.60. The molecule has 2 amide bonds. The summed E-state index contributed by atoms with van der Waals surface area (Å²) in [7, 11) is 0. The van der Waals surface area contributed by atoms with E-state index in [2.05, 4.69) is 12.0 Å². The smallest absolute Gasteiger partial charge is 0.274 e. The molecule has 0 aliphatic carbocycles. The van der Waals surface area contributed by atoms with E-state index in [1.165, 1.54) is 23.2 Å². The predicted molar refractivity (Wildman–Crippen MR) is 114 cm³/mol. The van der Waals surface area contributed by atoms with Crippen molar-refractivity contribution in [3.8, 4) is 5.69 Å². The second kappa shape index (κ2) is 8.87. The molecule has 1 aromatic carbocycles. The molecule has 2 saturated heterocycles. The van der Waals surface area contributed by atoms with Crippen LogP contribution in [0.25, 0.3) is 5.69 Å². The maximum absolute atomic E-state index is 12.9. The van der Waals surface area contributed by atoms with Gasteiger partial charge in [-0.25, -0.2) is 4.68 Å². The number of rotatable bonds is 4. The number of benzene rings is 1. The van der Waals surface area contributed by atoms with Gasteiger partial charge in [-0.05, 0) is 43.7 Å². The zero-order valence-corrected chi connectivity index (χ0v) is 17.6. The summed E-state index contributed by atoms with van der Waals surface area (Å²) in [5, 5.41) is 15.3. The maximum Gasteiger partial charge on any atom is 0.274 e. The predicted octanol–water partition coefficient (Wildman–Crippen LogP) is 2.89. The monoisotopic (exact) mass is 425 g/mol. The molecule has 2 aliphatic rings. The van der Waals surface area contributed by atoms with Gasteiger partial charge in [-0.3, -0.25) is 19.7 Å². The van der Waals surface area contributed by atoms with Crippen LogP contribution in [0, 0.1) is 22.0 Å². The highest BCUT2D eigenvalue weighted by atomic mass is 16.6. The van der Waals surface area contributed by atoms with Crippen molar-refractivity contribution in [1.82, 2.24) is 19.6 Å². The summed E-state index contributed by atoms with van der Waals surface area (Å²) < 4.78 is 1.47. The van der Waals surface area contributed by atoms with Crippen molar-refractivity contribution >= 4 is 17.5 Å². The van der Waals surface area contributed by atoms with E-state index >= 15 is 0 Å². The number of non-ortho nitro benzene ring substituents is 1. The lowest BCUT2D eigenvalue weighted by Gasteiger charge is -2.37. The van der Waals surface area contributed by atoms with Crippen molar-refractivity contribution in [1.29, 1.82) is 0 Å². The van der Waals surface area contributed by atoms with Crippen LogP contribution in [0.5, 0.6) is 0 Å². The Morgan fingerprint density at radius 1 is 1.10 bits per heavy atom. The van der Waals surface area contributed by atoms with Crippen LogP contribution in [0.2, 0.25) is 0 Å². The SMILES string of the molecule is CC1CCCN(C(=O)C2CCN(C(=O)c3ccn(-c4cccc([N+](=O)[O-])c4)n3)CC2)C1. The highest BCUT2D eigenvalue weighted by molar-refractivity contribution is 5.92. The number of aromatic nitrogens is 2. The minimum Gasteiger partial charge on any atom is -0.342 e. The Balaban J connectivity index is 1.37. The fourth-order valence-electron chi connectivity index (χ4n) is 4.47. The molecule has 9 heteroatoms. The van der Waals surface area contributed by atoms with Crippen LogP contribution in [0.1, 0.15) is 43.1 Å². The van der Waals surface area contributed by atoms with Crippen molar-refractivity contribution in [3.63, 3.8) is 0 Å². The second-order valence-corrected chi connectivity index (χ2v) is 8.52. The van der Waals surface area contributed by atoms with Gasteiger partial charge in [-0.2, -0.15) is 5.10 Å². The Kier molecular flexibility index (Phi) is 6.01. The minimum atomic E-state index is -0.463. The molecule has 2 aliphatic heterocycles. The molecule has 0 bridgehead atoms. The second-order valence-electron chi connectivity index (χ2n) is 8.52. The Bertz CT molecular complexity index is 980. The summed E-state index contributed by atoms with van der Waals surface area (Å²) >= 11 is 0. The molecule has 4 rings (SSSR count). The lowest BCUT2D eigenvalue weighted by atomic mass is 9.92. The van der Waals surface area contributed by atoms with E-state index in [-0.39, 0.29) is 23.4 Å². The number of hydrogen-bond donors (Lipinski definition) is 0. The van der Waals surface area contributed by atoms with Crippen LogP contribution >= 0.6 is 0 Å². The Labute approximate surface area is 180 Å². The number of carbonyl (C=O) groups is 2. The molecule has 0 saturated carbocycles. The van der Waals surface area contributed by atoms with Crippen molar-refractivity contribution in [2.24, 2.45) is 11.8 Å². The summed E-state index contributed by atoms with van der Waals surface area (Å²) in [4.78, 5) is 40.0. The minimum absolute atomic E-state index is 0.0169. The number of likely N-dealkylation sites (tertiary alicyclic amines) is 2. The highest BCUT2D eigenvalue weighted by Crippen LogP contribution is 2.24. The number of amides is 2. The van der Waals surface area contributed by atoms with Crippen LogP contribution in [0.4, 0.5) is 5.69 Å². The van der Waals surface area contributed by atoms with Gasteiger partial charge < -0.3 is 9.80 Å². The van der Waals surface area contributed by atoms with Gasteiger partial charge in [0.15, 0.2) is 5.69 Å². The average Bonchev–Trinajstić information content (AvgIpc) is 3.29. The number of piperidine rings is 2. The van der Waals surface area contributed by atoms with E-state index in [0.717, 1.165) is 19.5 Å². The summed E-state index contributed by atoms with van der Waals surface area (Å²) in [5.74, 6) is 0.590. The van der Waals surface area contributed by atoms with Gasteiger partial charge in [-0.1, -0.05) is 13.0 Å². The standard InChI is InChI=1S/C22H27N5O4/c1-16-4-3-10-25(15-16)21(28)17-7-11-24(12-8-17)22(29)20-9-13-26(23-20)18-5-2-6-19(14-18)27(30)31/h2,5-6,9,13-14,16-17H,3-4,7-8,10-12,15H2,1H3. The van der Waals surface area contributed by atoms with Crippen molar-refractivity contribution in [2.45, 2.75) is 32.6 Å². The largest absolute Gasteiger partial charge is 0.342 e. The zero-order valence-electron chi connectivity index (χ0n) is 17.6. The third-order valence-corrected chi connectivity index (χ3v) is 6.21. The summed E-state index contributed by atoms with van der Waals surface area (Å²) in [6.45, 7) is 4.93. The molecule has 0 spiro atoms. The number of carbonyl (C=O) groups excluding carboxylic acids is 2. The number of nitrogens with zero attached hydrogens (tertiary/aromatic N) is 5. The highest BCUT2D eigenvalue weighted by Gasteiger charge is 2.32. The van der Waals surface area contributed by atoms with E-state index in [0.29, 0.717) is 43.2 Å². The summed E-state index contributed by atoms with van der Waals surface area (Å²) in [5.41, 5.74) is 0.783. The summed E-state index contributed by atoms with van der Waals surface area (Å²) in [6, 6.07) is 7.73. The van der Waals surface area contributed by atoms with Crippen LogP contribution in [-0.4, -0.2) is 62.5 Å². The first-order chi connectivity index (χ1) is 14.9. The normalized spacial score (nSPS) is 20.0. The van der Waals surface area contributed by atoms with Crippen LogP contribution < -0.4 is 0 Å². The molecule has 0 radical (unpaired) electrons. The quantitative estimate of drug-likeness (QED) is 0.554. The van der Waals surface area contributed by atoms with Gasteiger partial charge in [0.1, 0.15) is 0 Å².